The van der Waals surface area contributed by atoms with E-state index in [-0.39, 0.29) is 18.4 Å². The molecule has 0 radical (unpaired) electrons. The third kappa shape index (κ3) is 6.32. The average molecular weight is 614 g/mol. The van der Waals surface area contributed by atoms with E-state index in [4.69, 9.17) is 0 Å². The highest BCUT2D eigenvalue weighted by atomic mass is 19.4. The van der Waals surface area contributed by atoms with Crippen LogP contribution in [0.25, 0.3) is 11.1 Å². The van der Waals surface area contributed by atoms with Gasteiger partial charge in [0, 0.05) is 19.2 Å². The van der Waals surface area contributed by atoms with Gasteiger partial charge in [0.25, 0.3) is 0 Å². The monoisotopic (exact) mass is 613 g/mol. The van der Waals surface area contributed by atoms with Gasteiger partial charge in [-0.1, -0.05) is 6.07 Å². The number of nitrogens with zero attached hydrogens (tertiary/aromatic N) is 3. The van der Waals surface area contributed by atoms with Crippen molar-refractivity contribution in [1.82, 2.24) is 4.98 Å². The number of aromatic nitrogens is 1. The molecule has 0 aliphatic carbocycles. The molecule has 232 valence electrons. The van der Waals surface area contributed by atoms with Crippen molar-refractivity contribution in [3.05, 3.63) is 76.7 Å². The molecule has 1 saturated heterocycles. The molecule has 1 amide bonds. The predicted octanol–water partition coefficient (Wildman–Crippen LogP) is 6.11. The lowest BCUT2D eigenvalue weighted by molar-refractivity contribution is -0.143. The minimum absolute atomic E-state index is 0.000763. The molecule has 1 aliphatic rings. The second-order valence-corrected chi connectivity index (χ2v) is 11.1. The summed E-state index contributed by atoms with van der Waals surface area (Å²) in [6, 6.07) is 5.93. The summed E-state index contributed by atoms with van der Waals surface area (Å²) in [4.78, 5) is 21.1. The number of benzene rings is 2. The maximum absolute atomic E-state index is 14.0. The van der Waals surface area contributed by atoms with Gasteiger partial charge in [0.1, 0.15) is 11.6 Å². The van der Waals surface area contributed by atoms with Crippen molar-refractivity contribution in [3.8, 4) is 11.1 Å². The molecule has 6 nitrogen and oxygen atoms in total. The molecule has 1 fully saturated rings. The summed E-state index contributed by atoms with van der Waals surface area (Å²) < 4.78 is 95.4. The largest absolute Gasteiger partial charge is 0.416 e. The zero-order valence-electron chi connectivity index (χ0n) is 23.7. The van der Waals surface area contributed by atoms with Gasteiger partial charge in [-0.3, -0.25) is 4.79 Å². The Morgan fingerprint density at radius 1 is 0.977 bits per heavy atom. The first-order valence-corrected chi connectivity index (χ1v) is 13.3. The summed E-state index contributed by atoms with van der Waals surface area (Å²) >= 11 is 0. The minimum Gasteiger partial charge on any atom is -0.394 e. The number of alkyl halides is 6. The van der Waals surface area contributed by atoms with Crippen LogP contribution in [0.1, 0.15) is 42.5 Å². The molecule has 4 rings (SSSR count). The smallest absolute Gasteiger partial charge is 0.394 e. The maximum Gasteiger partial charge on any atom is 0.416 e. The van der Waals surface area contributed by atoms with Gasteiger partial charge >= 0.3 is 12.4 Å². The third-order valence-corrected chi connectivity index (χ3v) is 7.85. The molecular weight excluding hydrogens is 583 g/mol. The molecule has 3 aromatic rings. The van der Waals surface area contributed by atoms with Crippen LogP contribution < -0.4 is 9.80 Å². The number of halogens is 7. The number of aliphatic hydroxyl groups is 2. The van der Waals surface area contributed by atoms with E-state index in [0.717, 1.165) is 4.90 Å². The first-order valence-electron chi connectivity index (χ1n) is 13.3. The van der Waals surface area contributed by atoms with Crippen LogP contribution in [0.2, 0.25) is 0 Å². The van der Waals surface area contributed by atoms with Crippen molar-refractivity contribution in [2.75, 3.05) is 30.0 Å². The molecule has 43 heavy (non-hydrogen) atoms. The van der Waals surface area contributed by atoms with E-state index in [9.17, 15) is 45.7 Å². The van der Waals surface area contributed by atoms with Crippen LogP contribution in [-0.4, -0.2) is 53.4 Å². The van der Waals surface area contributed by atoms with E-state index in [1.165, 1.54) is 45.3 Å². The minimum atomic E-state index is -5.09. The van der Waals surface area contributed by atoms with Crippen molar-refractivity contribution in [1.29, 1.82) is 0 Å². The molecule has 2 aromatic carbocycles. The highest BCUT2D eigenvalue weighted by Gasteiger charge is 2.41. The van der Waals surface area contributed by atoms with Crippen LogP contribution in [0.5, 0.6) is 0 Å². The van der Waals surface area contributed by atoms with E-state index in [1.807, 2.05) is 0 Å². The van der Waals surface area contributed by atoms with Gasteiger partial charge in [0.2, 0.25) is 5.91 Å². The topological polar surface area (TPSA) is 76.9 Å². The van der Waals surface area contributed by atoms with Crippen LogP contribution in [0.15, 0.2) is 48.7 Å². The van der Waals surface area contributed by atoms with Crippen molar-refractivity contribution >= 4 is 17.4 Å². The predicted molar refractivity (Wildman–Crippen MR) is 146 cm³/mol. The van der Waals surface area contributed by atoms with E-state index < -0.39 is 58.3 Å². The Labute approximate surface area is 243 Å². The van der Waals surface area contributed by atoms with Gasteiger partial charge in [-0.05, 0) is 80.3 Å². The van der Waals surface area contributed by atoms with Crippen molar-refractivity contribution < 1.29 is 45.7 Å². The molecule has 1 aromatic heterocycles. The fraction of sp³-hybridized carbons (Fsp3) is 0.400. The van der Waals surface area contributed by atoms with Gasteiger partial charge in [0.05, 0.1) is 47.2 Å². The highest BCUT2D eigenvalue weighted by Crippen LogP contribution is 2.41. The van der Waals surface area contributed by atoms with Crippen LogP contribution in [0, 0.1) is 12.7 Å². The number of hydrogen-bond donors (Lipinski definition) is 2. The fourth-order valence-corrected chi connectivity index (χ4v) is 5.32. The number of hydrogen-bond acceptors (Lipinski definition) is 5. The quantitative estimate of drug-likeness (QED) is 0.329. The summed E-state index contributed by atoms with van der Waals surface area (Å²) in [5.41, 5.74) is -3.96. The average Bonchev–Trinajstić information content (AvgIpc) is 3.31. The molecular formula is C30H30F7N3O3. The van der Waals surface area contributed by atoms with Gasteiger partial charge in [-0.2, -0.15) is 26.3 Å². The standard InChI is InChI=1S/C30H30F7N3O3/c1-16-9-20(31)5-6-21(16)22-13-26(40-8-7-25(42)24(40)15-41)38-14-23(22)39(4)27(43)28(2,3)17-10-18(29(32,33)34)12-19(11-17)30(35,36)37/h5-6,9-14,24-25,41-42H,7-8,15H2,1-4H3/t24-,25+/m0/s1. The number of anilines is 2. The number of pyridine rings is 1. The Bertz CT molecular complexity index is 1490. The molecule has 13 heteroatoms. The first kappa shape index (κ1) is 32.2. The zero-order chi connectivity index (χ0) is 32.1. The molecule has 2 N–H and O–H groups in total. The number of carbonyl (C=O) groups is 1. The Balaban J connectivity index is 1.84. The third-order valence-electron chi connectivity index (χ3n) is 7.85. The Morgan fingerprint density at radius 3 is 2.09 bits per heavy atom. The number of likely N-dealkylation sites (N-methyl/N-ethyl adjacent to an activating group) is 1. The molecule has 0 unspecified atom stereocenters. The maximum atomic E-state index is 14.0. The summed E-state index contributed by atoms with van der Waals surface area (Å²) in [5, 5.41) is 20.1. The molecule has 1 aliphatic heterocycles. The molecule has 0 bridgehead atoms. The Kier molecular flexibility index (Phi) is 8.55. The number of carbonyl (C=O) groups excluding carboxylic acids is 1. The Hall–Kier alpha value is -3.71. The lowest BCUT2D eigenvalue weighted by Gasteiger charge is -2.32. The number of amides is 1. The highest BCUT2D eigenvalue weighted by molar-refractivity contribution is 6.03. The van der Waals surface area contributed by atoms with Crippen molar-refractivity contribution in [3.63, 3.8) is 0 Å². The van der Waals surface area contributed by atoms with Crippen LogP contribution in [0.3, 0.4) is 0 Å². The number of rotatable bonds is 6. The SMILES string of the molecule is Cc1cc(F)ccc1-c1cc(N2CC[C@@H](O)[C@@H]2CO)ncc1N(C)C(=O)C(C)(C)c1cc(C(F)(F)F)cc(C(F)(F)F)c1. The lowest BCUT2D eigenvalue weighted by atomic mass is 9.81. The van der Waals surface area contributed by atoms with Crippen molar-refractivity contribution in [2.45, 2.75) is 57.1 Å². The van der Waals surface area contributed by atoms with Crippen LogP contribution in [-0.2, 0) is 22.6 Å². The molecule has 0 spiro atoms. The normalized spacial score (nSPS) is 17.8. The van der Waals surface area contributed by atoms with E-state index >= 15 is 0 Å². The van der Waals surface area contributed by atoms with Gasteiger partial charge in [-0.25, -0.2) is 9.37 Å². The molecule has 0 saturated carbocycles. The second kappa shape index (κ2) is 11.4. The number of aryl methyl sites for hydroxylation is 1. The lowest BCUT2D eigenvalue weighted by Crippen LogP contribution is -2.42. The van der Waals surface area contributed by atoms with Crippen molar-refractivity contribution in [2.24, 2.45) is 0 Å². The van der Waals surface area contributed by atoms with E-state index in [1.54, 1.807) is 17.9 Å². The number of aliphatic hydroxyl groups excluding tert-OH is 2. The van der Waals surface area contributed by atoms with E-state index in [2.05, 4.69) is 4.98 Å². The van der Waals surface area contributed by atoms with Gasteiger partial charge < -0.3 is 20.0 Å². The fourth-order valence-electron chi connectivity index (χ4n) is 5.32. The summed E-state index contributed by atoms with van der Waals surface area (Å²) in [6.07, 6.45) is -9.33. The zero-order valence-corrected chi connectivity index (χ0v) is 23.7. The van der Waals surface area contributed by atoms with Gasteiger partial charge in [0.15, 0.2) is 0 Å². The van der Waals surface area contributed by atoms with Crippen LogP contribution in [0.4, 0.5) is 42.2 Å². The summed E-state index contributed by atoms with van der Waals surface area (Å²) in [7, 11) is 1.32. The molecule has 2 heterocycles. The molecule has 2 atom stereocenters. The Morgan fingerprint density at radius 2 is 1.56 bits per heavy atom. The summed E-state index contributed by atoms with van der Waals surface area (Å²) in [5.74, 6) is -1.01. The second-order valence-electron chi connectivity index (χ2n) is 11.1. The first-order chi connectivity index (χ1) is 19.9. The van der Waals surface area contributed by atoms with Crippen LogP contribution >= 0.6 is 0 Å². The summed E-state index contributed by atoms with van der Waals surface area (Å²) in [6.45, 7) is 4.08. The van der Waals surface area contributed by atoms with Gasteiger partial charge in [-0.15, -0.1) is 0 Å². The van der Waals surface area contributed by atoms with E-state index in [0.29, 0.717) is 47.6 Å².